The molecule has 0 atom stereocenters. The van der Waals surface area contributed by atoms with Crippen molar-refractivity contribution in [3.8, 4) is 0 Å². The van der Waals surface area contributed by atoms with Gasteiger partial charge >= 0.3 is 0 Å². The molecule has 0 bridgehead atoms. The molecule has 0 fully saturated rings. The van der Waals surface area contributed by atoms with Crippen molar-refractivity contribution in [2.24, 2.45) is 4.99 Å². The first-order valence-corrected chi connectivity index (χ1v) is 7.99. The van der Waals surface area contributed by atoms with Gasteiger partial charge < -0.3 is 20.5 Å². The molecule has 0 aliphatic heterocycles. The zero-order valence-corrected chi connectivity index (χ0v) is 17.0. The third-order valence-corrected chi connectivity index (χ3v) is 3.43. The van der Waals surface area contributed by atoms with Crippen LogP contribution in [0.2, 0.25) is 0 Å². The maximum atomic E-state index is 12.8. The quantitative estimate of drug-likeness (QED) is 0.320. The lowest BCUT2D eigenvalue weighted by Crippen LogP contribution is -2.42. The molecule has 142 valence electrons. The average molecular weight is 475 g/mol. The monoisotopic (exact) mass is 475 g/mol. The summed E-state index contributed by atoms with van der Waals surface area (Å²) < 4.78 is 14.8. The van der Waals surface area contributed by atoms with Crippen LogP contribution in [0.25, 0.3) is 0 Å². The predicted molar refractivity (Wildman–Crippen MR) is 109 cm³/mol. The second-order valence-electron chi connectivity index (χ2n) is 5.20. The topological polar surface area (TPSA) is 96.2 Å². The molecule has 1 amide bonds. The fourth-order valence-electron chi connectivity index (χ4n) is 2.16. The van der Waals surface area contributed by atoms with Gasteiger partial charge in [-0.1, -0.05) is 6.92 Å². The van der Waals surface area contributed by atoms with Crippen LogP contribution in [-0.4, -0.2) is 46.8 Å². The molecule has 2 aromatic rings. The van der Waals surface area contributed by atoms with Gasteiger partial charge in [0.1, 0.15) is 18.0 Å². The number of carbonyl (C=O) groups excluding carboxylic acids is 1. The second kappa shape index (κ2) is 11.4. The van der Waals surface area contributed by atoms with Gasteiger partial charge in [0.15, 0.2) is 5.96 Å². The minimum Gasteiger partial charge on any atom is -0.355 e. The number of guanidine groups is 1. The van der Waals surface area contributed by atoms with Gasteiger partial charge in [-0.15, -0.1) is 34.2 Å². The van der Waals surface area contributed by atoms with Crippen LogP contribution in [0.3, 0.4) is 0 Å². The molecule has 0 unspecified atom stereocenters. The van der Waals surface area contributed by atoms with E-state index in [-0.39, 0.29) is 42.2 Å². The predicted octanol–water partition coefficient (Wildman–Crippen LogP) is 1.40. The summed E-state index contributed by atoms with van der Waals surface area (Å²) in [6.07, 6.45) is 2.50. The zero-order valence-electron chi connectivity index (χ0n) is 14.7. The Labute approximate surface area is 168 Å². The maximum Gasteiger partial charge on any atom is 0.243 e. The van der Waals surface area contributed by atoms with E-state index < -0.39 is 0 Å². The highest BCUT2D eigenvalue weighted by atomic mass is 127. The fraction of sp³-hybridized carbons (Fsp3) is 0.375. The molecule has 8 nitrogen and oxygen atoms in total. The van der Waals surface area contributed by atoms with E-state index in [9.17, 15) is 9.18 Å². The van der Waals surface area contributed by atoms with Crippen LogP contribution in [-0.2, 0) is 17.8 Å². The Balaban J connectivity index is 0.00000338. The number of hydrogen-bond acceptors (Lipinski definition) is 4. The largest absolute Gasteiger partial charge is 0.355 e. The highest BCUT2D eigenvalue weighted by molar-refractivity contribution is 14.0. The molecular formula is C16H23FIN7O. The number of anilines is 1. The number of amides is 1. The van der Waals surface area contributed by atoms with E-state index in [4.69, 9.17) is 0 Å². The summed E-state index contributed by atoms with van der Waals surface area (Å²) in [5.41, 5.74) is 0.538. The van der Waals surface area contributed by atoms with Gasteiger partial charge in [-0.3, -0.25) is 9.79 Å². The van der Waals surface area contributed by atoms with Crippen molar-refractivity contribution in [3.05, 3.63) is 42.2 Å². The van der Waals surface area contributed by atoms with Crippen LogP contribution in [0.1, 0.15) is 12.7 Å². The number of nitrogens with zero attached hydrogens (tertiary/aromatic N) is 4. The lowest BCUT2D eigenvalue weighted by atomic mass is 10.3. The number of nitrogens with one attached hydrogen (secondary N) is 3. The number of aryl methyl sites for hydroxylation is 1. The number of halogens is 2. The molecule has 0 aliphatic rings. The molecule has 2 rings (SSSR count). The van der Waals surface area contributed by atoms with Crippen LogP contribution in [0.15, 0.2) is 35.6 Å². The molecule has 0 aliphatic carbocycles. The fourth-order valence-corrected chi connectivity index (χ4v) is 2.16. The third-order valence-electron chi connectivity index (χ3n) is 3.43. The summed E-state index contributed by atoms with van der Waals surface area (Å²) in [5, 5.41) is 16.6. The van der Waals surface area contributed by atoms with Crippen molar-refractivity contribution in [2.75, 3.05) is 25.5 Å². The SMILES string of the molecule is CCc1nncn1CCNC(=NC)NCC(=O)Nc1ccc(F)cc1.I. The number of aliphatic imine (C=N–C) groups is 1. The van der Waals surface area contributed by atoms with Crippen LogP contribution >= 0.6 is 24.0 Å². The first-order chi connectivity index (χ1) is 12.1. The summed E-state index contributed by atoms with van der Waals surface area (Å²) in [7, 11) is 1.63. The lowest BCUT2D eigenvalue weighted by Gasteiger charge is -2.12. The molecule has 1 aromatic heterocycles. The molecule has 1 heterocycles. The van der Waals surface area contributed by atoms with E-state index >= 15 is 0 Å². The van der Waals surface area contributed by atoms with Gasteiger partial charge in [0.05, 0.1) is 6.54 Å². The normalized spacial score (nSPS) is 10.8. The van der Waals surface area contributed by atoms with E-state index in [1.807, 2.05) is 11.5 Å². The third kappa shape index (κ3) is 6.94. The summed E-state index contributed by atoms with van der Waals surface area (Å²) >= 11 is 0. The molecule has 26 heavy (non-hydrogen) atoms. The Morgan fingerprint density at radius 2 is 2.00 bits per heavy atom. The molecule has 3 N–H and O–H groups in total. The Bertz CT molecular complexity index is 718. The minimum atomic E-state index is -0.347. The Kier molecular flexibility index (Phi) is 9.55. The second-order valence-corrected chi connectivity index (χ2v) is 5.20. The number of carbonyl (C=O) groups is 1. The zero-order chi connectivity index (χ0) is 18.1. The first kappa shape index (κ1) is 21.8. The Hall–Kier alpha value is -2.24. The molecular weight excluding hydrogens is 452 g/mol. The maximum absolute atomic E-state index is 12.8. The minimum absolute atomic E-state index is 0. The Morgan fingerprint density at radius 1 is 1.27 bits per heavy atom. The van der Waals surface area contributed by atoms with Gasteiger partial charge in [-0.2, -0.15) is 0 Å². The van der Waals surface area contributed by atoms with E-state index in [0.29, 0.717) is 24.7 Å². The molecule has 0 radical (unpaired) electrons. The number of rotatable bonds is 7. The lowest BCUT2D eigenvalue weighted by molar-refractivity contribution is -0.115. The number of hydrogen-bond donors (Lipinski definition) is 3. The van der Waals surface area contributed by atoms with Gasteiger partial charge in [-0.25, -0.2) is 4.39 Å². The van der Waals surface area contributed by atoms with E-state index in [1.165, 1.54) is 24.3 Å². The van der Waals surface area contributed by atoms with Crippen molar-refractivity contribution in [3.63, 3.8) is 0 Å². The number of benzene rings is 1. The molecule has 1 aromatic carbocycles. The first-order valence-electron chi connectivity index (χ1n) is 7.99. The van der Waals surface area contributed by atoms with Gasteiger partial charge in [-0.05, 0) is 24.3 Å². The van der Waals surface area contributed by atoms with E-state index in [0.717, 1.165) is 12.2 Å². The summed E-state index contributed by atoms with van der Waals surface area (Å²) in [6, 6.07) is 5.59. The molecule has 0 saturated heterocycles. The summed E-state index contributed by atoms with van der Waals surface area (Å²) in [5.74, 6) is 0.838. The van der Waals surface area contributed by atoms with Crippen LogP contribution in [0.4, 0.5) is 10.1 Å². The Morgan fingerprint density at radius 3 is 2.65 bits per heavy atom. The van der Waals surface area contributed by atoms with Crippen molar-refractivity contribution in [1.82, 2.24) is 25.4 Å². The van der Waals surface area contributed by atoms with Crippen molar-refractivity contribution < 1.29 is 9.18 Å². The van der Waals surface area contributed by atoms with E-state index in [2.05, 4.69) is 31.1 Å². The molecule has 0 spiro atoms. The highest BCUT2D eigenvalue weighted by Crippen LogP contribution is 2.07. The van der Waals surface area contributed by atoms with Crippen molar-refractivity contribution in [1.29, 1.82) is 0 Å². The molecule has 10 heteroatoms. The number of aromatic nitrogens is 3. The van der Waals surface area contributed by atoms with Crippen LogP contribution in [0.5, 0.6) is 0 Å². The average Bonchev–Trinajstić information content (AvgIpc) is 3.07. The van der Waals surface area contributed by atoms with Gasteiger partial charge in [0.2, 0.25) is 5.91 Å². The van der Waals surface area contributed by atoms with Crippen molar-refractivity contribution in [2.45, 2.75) is 19.9 Å². The summed E-state index contributed by atoms with van der Waals surface area (Å²) in [6.45, 7) is 3.38. The summed E-state index contributed by atoms with van der Waals surface area (Å²) in [4.78, 5) is 16.0. The van der Waals surface area contributed by atoms with Crippen LogP contribution in [0, 0.1) is 5.82 Å². The highest BCUT2D eigenvalue weighted by Gasteiger charge is 2.05. The standard InChI is InChI=1S/C16H22FN7O.HI/c1-3-14-23-21-11-24(14)9-8-19-16(18-2)20-10-15(25)22-13-6-4-12(17)5-7-13;/h4-7,11H,3,8-10H2,1-2H3,(H,22,25)(H2,18,19,20);1H. The molecule has 0 saturated carbocycles. The van der Waals surface area contributed by atoms with Gasteiger partial charge in [0, 0.05) is 32.2 Å². The van der Waals surface area contributed by atoms with Crippen molar-refractivity contribution >= 4 is 41.5 Å². The smallest absolute Gasteiger partial charge is 0.243 e. The van der Waals surface area contributed by atoms with Gasteiger partial charge in [0.25, 0.3) is 0 Å². The van der Waals surface area contributed by atoms with E-state index in [1.54, 1.807) is 13.4 Å². The van der Waals surface area contributed by atoms with Crippen LogP contribution < -0.4 is 16.0 Å².